The van der Waals surface area contributed by atoms with Crippen LogP contribution in [0.2, 0.25) is 0 Å². The van der Waals surface area contributed by atoms with Gasteiger partial charge in [0, 0.05) is 23.3 Å². The van der Waals surface area contributed by atoms with Gasteiger partial charge in [-0.1, -0.05) is 32.1 Å². The summed E-state index contributed by atoms with van der Waals surface area (Å²) in [6.45, 7) is 12.3. The summed E-state index contributed by atoms with van der Waals surface area (Å²) in [5.74, 6) is 1.01. The minimum Gasteiger partial charge on any atom is -0.496 e. The molecule has 0 spiro atoms. The molecule has 1 aliphatic rings. The first-order valence-corrected chi connectivity index (χ1v) is 9.45. The molecule has 0 radical (unpaired) electrons. The second kappa shape index (κ2) is 8.51. The van der Waals surface area contributed by atoms with Crippen LogP contribution in [0.3, 0.4) is 0 Å². The first kappa shape index (κ1) is 21.5. The third kappa shape index (κ3) is 5.16. The Balaban J connectivity index is 2.49. The number of carbonyl (C=O) groups is 1. The maximum atomic E-state index is 10.7. The number of hydrogen-bond acceptors (Lipinski definition) is 3. The summed E-state index contributed by atoms with van der Waals surface area (Å²) in [6.07, 6.45) is 8.94. The molecule has 0 unspecified atom stereocenters. The van der Waals surface area contributed by atoms with E-state index in [1.54, 1.807) is 20.1 Å². The van der Waals surface area contributed by atoms with E-state index >= 15 is 0 Å². The highest BCUT2D eigenvalue weighted by atomic mass is 16.5. The number of hydrogen-bond donors (Lipinski definition) is 1. The van der Waals surface area contributed by atoms with E-state index in [2.05, 4.69) is 39.8 Å². The van der Waals surface area contributed by atoms with Crippen LogP contribution in [-0.4, -0.2) is 23.8 Å². The predicted octanol–water partition coefficient (Wildman–Crippen LogP) is 5.90. The fourth-order valence-corrected chi connectivity index (χ4v) is 3.27. The molecule has 1 heterocycles. The zero-order chi connectivity index (χ0) is 21.1. The van der Waals surface area contributed by atoms with E-state index in [1.165, 1.54) is 11.6 Å². The first-order chi connectivity index (χ1) is 13.0. The summed E-state index contributed by atoms with van der Waals surface area (Å²) in [6, 6.07) is 4.08. The summed E-state index contributed by atoms with van der Waals surface area (Å²) >= 11 is 0. The fourth-order valence-electron chi connectivity index (χ4n) is 3.27. The summed E-state index contributed by atoms with van der Waals surface area (Å²) < 4.78 is 11.8. The quantitative estimate of drug-likeness (QED) is 0.492. The molecule has 1 aromatic carbocycles. The number of aliphatic carboxylic acids is 1. The van der Waals surface area contributed by atoms with E-state index in [9.17, 15) is 4.79 Å². The minimum absolute atomic E-state index is 0.360. The number of ether oxygens (including phenoxy) is 2. The van der Waals surface area contributed by atoms with Crippen molar-refractivity contribution in [2.75, 3.05) is 7.11 Å². The van der Waals surface area contributed by atoms with Crippen molar-refractivity contribution in [3.63, 3.8) is 0 Å². The normalized spacial score (nSPS) is 16.6. The van der Waals surface area contributed by atoms with Crippen molar-refractivity contribution < 1.29 is 19.4 Å². The number of methoxy groups -OCH3 is 1. The van der Waals surface area contributed by atoms with Gasteiger partial charge in [0.15, 0.2) is 0 Å². The van der Waals surface area contributed by atoms with Crippen molar-refractivity contribution >= 4 is 17.1 Å². The molecule has 0 fully saturated rings. The van der Waals surface area contributed by atoms with E-state index in [-0.39, 0.29) is 5.60 Å². The van der Waals surface area contributed by atoms with Gasteiger partial charge in [0.25, 0.3) is 0 Å². The van der Waals surface area contributed by atoms with Crippen LogP contribution in [0, 0.1) is 5.92 Å². The van der Waals surface area contributed by atoms with Crippen molar-refractivity contribution in [2.24, 2.45) is 5.92 Å². The lowest BCUT2D eigenvalue weighted by molar-refractivity contribution is -0.131. The van der Waals surface area contributed by atoms with Crippen LogP contribution in [0.1, 0.15) is 52.7 Å². The molecule has 0 aliphatic carbocycles. The van der Waals surface area contributed by atoms with Crippen molar-refractivity contribution in [1.82, 2.24) is 0 Å². The van der Waals surface area contributed by atoms with E-state index in [1.807, 2.05) is 25.1 Å². The van der Waals surface area contributed by atoms with Gasteiger partial charge in [-0.15, -0.1) is 0 Å². The molecule has 150 valence electrons. The second-order valence-corrected chi connectivity index (χ2v) is 7.94. The van der Waals surface area contributed by atoms with Gasteiger partial charge in [-0.05, 0) is 62.5 Å². The van der Waals surface area contributed by atoms with Crippen LogP contribution in [0.4, 0.5) is 0 Å². The second-order valence-electron chi connectivity index (χ2n) is 7.94. The highest BCUT2D eigenvalue weighted by Gasteiger charge is 2.29. The van der Waals surface area contributed by atoms with Gasteiger partial charge in [0.1, 0.15) is 17.1 Å². The molecular weight excluding hydrogens is 352 g/mol. The van der Waals surface area contributed by atoms with Crippen molar-refractivity contribution in [3.05, 3.63) is 59.2 Å². The Morgan fingerprint density at radius 1 is 1.25 bits per heavy atom. The fraction of sp³-hybridized carbons (Fsp3) is 0.375. The van der Waals surface area contributed by atoms with Gasteiger partial charge >= 0.3 is 5.97 Å². The van der Waals surface area contributed by atoms with E-state index in [0.717, 1.165) is 28.2 Å². The smallest absolute Gasteiger partial charge is 0.328 e. The van der Waals surface area contributed by atoms with Gasteiger partial charge in [0.2, 0.25) is 0 Å². The van der Waals surface area contributed by atoms with Crippen LogP contribution in [0.5, 0.6) is 11.5 Å². The Bertz CT molecular complexity index is 880. The van der Waals surface area contributed by atoms with Crippen LogP contribution >= 0.6 is 0 Å². The van der Waals surface area contributed by atoms with Crippen molar-refractivity contribution in [3.8, 4) is 11.5 Å². The molecule has 0 saturated heterocycles. The molecule has 0 aromatic heterocycles. The molecule has 4 heteroatoms. The van der Waals surface area contributed by atoms with Gasteiger partial charge in [-0.2, -0.15) is 0 Å². The van der Waals surface area contributed by atoms with Gasteiger partial charge in [-0.25, -0.2) is 4.79 Å². The third-order valence-electron chi connectivity index (χ3n) is 4.59. The van der Waals surface area contributed by atoms with Crippen molar-refractivity contribution in [1.29, 1.82) is 0 Å². The Morgan fingerprint density at radius 3 is 2.50 bits per heavy atom. The monoisotopic (exact) mass is 382 g/mol. The molecule has 0 amide bonds. The Morgan fingerprint density at radius 2 is 1.93 bits per heavy atom. The highest BCUT2D eigenvalue weighted by molar-refractivity contribution is 5.82. The lowest BCUT2D eigenvalue weighted by atomic mass is 9.86. The van der Waals surface area contributed by atoms with E-state index in [4.69, 9.17) is 14.6 Å². The summed E-state index contributed by atoms with van der Waals surface area (Å²) in [4.78, 5) is 10.7. The topological polar surface area (TPSA) is 55.8 Å². The molecule has 28 heavy (non-hydrogen) atoms. The van der Waals surface area contributed by atoms with Crippen LogP contribution < -0.4 is 9.47 Å². The number of carboxylic acids is 1. The molecular formula is C24H30O4. The van der Waals surface area contributed by atoms with Crippen LogP contribution in [0.15, 0.2) is 48.1 Å². The summed E-state index contributed by atoms with van der Waals surface area (Å²) in [5.41, 5.74) is 4.67. The lowest BCUT2D eigenvalue weighted by Crippen LogP contribution is -2.29. The maximum Gasteiger partial charge on any atom is 0.328 e. The molecule has 0 bridgehead atoms. The standard InChI is InChI=1S/C24H30O4/c1-15(2)20-14-24(5,6)28-22-13-21(27-7)18(12-19(20)22)17(4)10-8-9-16(3)11-23(25)26/h8-15H,1-7H3,(H,25,26). The lowest BCUT2D eigenvalue weighted by Gasteiger charge is -2.33. The molecule has 1 aliphatic heterocycles. The number of allylic oxidation sites excluding steroid dienone is 6. The number of rotatable bonds is 6. The Labute approximate surface area is 167 Å². The molecule has 4 nitrogen and oxygen atoms in total. The van der Waals surface area contributed by atoms with Gasteiger partial charge in [0.05, 0.1) is 7.11 Å². The summed E-state index contributed by atoms with van der Waals surface area (Å²) in [7, 11) is 1.65. The molecule has 1 aromatic rings. The molecule has 0 atom stereocenters. The number of fused-ring (bicyclic) bond motifs is 1. The molecule has 1 N–H and O–H groups in total. The molecule has 0 saturated carbocycles. The van der Waals surface area contributed by atoms with Crippen LogP contribution in [0.25, 0.3) is 11.1 Å². The number of carboxylic acid groups (broad SMARTS) is 1. The Hall–Kier alpha value is -2.75. The largest absolute Gasteiger partial charge is 0.496 e. The predicted molar refractivity (Wildman–Crippen MR) is 115 cm³/mol. The third-order valence-corrected chi connectivity index (χ3v) is 4.59. The summed E-state index contributed by atoms with van der Waals surface area (Å²) in [5, 5.41) is 8.80. The first-order valence-electron chi connectivity index (χ1n) is 9.45. The average molecular weight is 383 g/mol. The zero-order valence-corrected chi connectivity index (χ0v) is 17.8. The maximum absolute atomic E-state index is 10.7. The zero-order valence-electron chi connectivity index (χ0n) is 17.8. The average Bonchev–Trinajstić information content (AvgIpc) is 2.58. The SMILES string of the molecule is COc1cc2c(cc1C(C)=CC=CC(C)=CC(=O)O)C(C(C)C)=CC(C)(C)O2. The number of benzene rings is 1. The molecule has 2 rings (SSSR count). The minimum atomic E-state index is -0.949. The Kier molecular flexibility index (Phi) is 6.55. The van der Waals surface area contributed by atoms with Crippen LogP contribution in [-0.2, 0) is 4.79 Å². The van der Waals surface area contributed by atoms with E-state index in [0.29, 0.717) is 11.5 Å². The van der Waals surface area contributed by atoms with E-state index < -0.39 is 5.97 Å². The van der Waals surface area contributed by atoms with Crippen molar-refractivity contribution in [2.45, 2.75) is 47.1 Å². The van der Waals surface area contributed by atoms with Gasteiger partial charge < -0.3 is 14.6 Å². The highest BCUT2D eigenvalue weighted by Crippen LogP contribution is 2.44. The van der Waals surface area contributed by atoms with Gasteiger partial charge in [-0.3, -0.25) is 0 Å².